The van der Waals surface area contributed by atoms with Crippen molar-refractivity contribution in [3.63, 3.8) is 0 Å². The number of amides is 1. The van der Waals surface area contributed by atoms with Gasteiger partial charge in [-0.05, 0) is 36.9 Å². The molecule has 3 nitrogen and oxygen atoms in total. The summed E-state index contributed by atoms with van der Waals surface area (Å²) < 4.78 is 0. The summed E-state index contributed by atoms with van der Waals surface area (Å²) in [6.07, 6.45) is 1.68. The lowest BCUT2D eigenvalue weighted by Gasteiger charge is -2.01. The van der Waals surface area contributed by atoms with Gasteiger partial charge in [0.25, 0.3) is 5.91 Å². The number of amidine groups is 1. The largest absolute Gasteiger partial charge is 0.301 e. The number of aliphatic imine (C=N–C) groups is 1. The summed E-state index contributed by atoms with van der Waals surface area (Å²) in [4.78, 5) is 16.4. The fourth-order valence-electron chi connectivity index (χ4n) is 1.42. The van der Waals surface area contributed by atoms with Crippen molar-refractivity contribution in [2.24, 2.45) is 4.99 Å². The summed E-state index contributed by atoms with van der Waals surface area (Å²) in [5.74, 6) is -0.178. The molecule has 0 saturated carbocycles. The molecule has 0 unspecified atom stereocenters. The van der Waals surface area contributed by atoms with Crippen LogP contribution < -0.4 is 5.32 Å². The lowest BCUT2D eigenvalue weighted by Crippen LogP contribution is -2.19. The van der Waals surface area contributed by atoms with Gasteiger partial charge in [-0.25, -0.2) is 0 Å². The zero-order valence-corrected chi connectivity index (χ0v) is 11.9. The molecule has 1 aliphatic heterocycles. The van der Waals surface area contributed by atoms with Crippen LogP contribution in [0, 0.1) is 0 Å². The van der Waals surface area contributed by atoms with Crippen molar-refractivity contribution in [2.75, 3.05) is 6.54 Å². The molecule has 1 saturated heterocycles. The Kier molecular flexibility index (Phi) is 4.32. The second kappa shape index (κ2) is 5.78. The number of halogens is 2. The molecule has 1 heterocycles. The van der Waals surface area contributed by atoms with Crippen molar-refractivity contribution in [1.29, 1.82) is 0 Å². The number of rotatable bonds is 2. The van der Waals surface area contributed by atoms with Crippen LogP contribution in [0.15, 0.2) is 28.1 Å². The fraction of sp³-hybridized carbons (Fsp3) is 0.167. The first kappa shape index (κ1) is 13.5. The van der Waals surface area contributed by atoms with E-state index < -0.39 is 0 Å². The number of nitrogens with one attached hydrogen (secondary N) is 1. The highest BCUT2D eigenvalue weighted by molar-refractivity contribution is 8.18. The number of thioether (sulfide) groups is 1. The highest BCUT2D eigenvalue weighted by Gasteiger charge is 2.23. The van der Waals surface area contributed by atoms with E-state index in [-0.39, 0.29) is 5.91 Å². The second-order valence-corrected chi connectivity index (χ2v) is 5.32. The minimum Gasteiger partial charge on any atom is -0.301 e. The molecular formula is C12H10Cl2N2OS. The van der Waals surface area contributed by atoms with Crippen LogP contribution in [-0.2, 0) is 4.79 Å². The van der Waals surface area contributed by atoms with Crippen molar-refractivity contribution in [3.05, 3.63) is 38.7 Å². The fourth-order valence-corrected chi connectivity index (χ4v) is 2.80. The van der Waals surface area contributed by atoms with Crippen LogP contribution in [-0.4, -0.2) is 17.6 Å². The molecule has 2 rings (SSSR count). The molecule has 1 aromatic rings. The number of carbonyl (C=O) groups excluding carboxylic acids is 1. The summed E-state index contributed by atoms with van der Waals surface area (Å²) in [6.45, 7) is 2.54. The van der Waals surface area contributed by atoms with Gasteiger partial charge in [-0.3, -0.25) is 9.79 Å². The quantitative estimate of drug-likeness (QED) is 0.848. The minimum atomic E-state index is -0.178. The van der Waals surface area contributed by atoms with Crippen molar-refractivity contribution in [1.82, 2.24) is 5.32 Å². The maximum atomic E-state index is 11.7. The Bertz CT molecular complexity index is 535. The van der Waals surface area contributed by atoms with Crippen molar-refractivity contribution in [3.8, 4) is 0 Å². The molecule has 1 N–H and O–H groups in total. The Hall–Kier alpha value is -0.970. The SMILES string of the molecule is CCN=C1NC(=O)/C(=C/c2c(Cl)cccc2Cl)S1. The number of hydrogen-bond donors (Lipinski definition) is 1. The summed E-state index contributed by atoms with van der Waals surface area (Å²) in [7, 11) is 0. The first-order valence-corrected chi connectivity index (χ1v) is 6.88. The smallest absolute Gasteiger partial charge is 0.264 e. The van der Waals surface area contributed by atoms with E-state index in [2.05, 4.69) is 10.3 Å². The van der Waals surface area contributed by atoms with Gasteiger partial charge in [-0.2, -0.15) is 0 Å². The van der Waals surface area contributed by atoms with Crippen LogP contribution in [0.1, 0.15) is 12.5 Å². The predicted molar refractivity (Wildman–Crippen MR) is 78.1 cm³/mol. The average molecular weight is 301 g/mol. The Morgan fingerprint density at radius 3 is 2.67 bits per heavy atom. The number of benzene rings is 1. The van der Waals surface area contributed by atoms with Gasteiger partial charge in [0.1, 0.15) is 0 Å². The summed E-state index contributed by atoms with van der Waals surface area (Å²) in [5, 5.41) is 4.33. The summed E-state index contributed by atoms with van der Waals surface area (Å²) >= 11 is 13.4. The van der Waals surface area contributed by atoms with Gasteiger partial charge in [-0.1, -0.05) is 29.3 Å². The lowest BCUT2D eigenvalue weighted by molar-refractivity contribution is -0.115. The number of nitrogens with zero attached hydrogens (tertiary/aromatic N) is 1. The van der Waals surface area contributed by atoms with Crippen molar-refractivity contribution in [2.45, 2.75) is 6.92 Å². The Morgan fingerprint density at radius 2 is 2.06 bits per heavy atom. The van der Waals surface area contributed by atoms with Gasteiger partial charge >= 0.3 is 0 Å². The molecule has 94 valence electrons. The summed E-state index contributed by atoms with van der Waals surface area (Å²) in [6, 6.07) is 5.23. The normalized spacial score (nSPS) is 19.6. The van der Waals surface area contributed by atoms with Gasteiger partial charge in [0, 0.05) is 22.2 Å². The molecule has 0 aliphatic carbocycles. The molecule has 0 aromatic heterocycles. The molecule has 0 spiro atoms. The Morgan fingerprint density at radius 1 is 1.39 bits per heavy atom. The van der Waals surface area contributed by atoms with E-state index in [1.165, 1.54) is 11.8 Å². The van der Waals surface area contributed by atoms with Gasteiger partial charge in [-0.15, -0.1) is 0 Å². The third kappa shape index (κ3) is 2.88. The predicted octanol–water partition coefficient (Wildman–Crippen LogP) is 3.57. The zero-order valence-electron chi connectivity index (χ0n) is 9.54. The molecule has 1 fully saturated rings. The first-order valence-electron chi connectivity index (χ1n) is 5.31. The maximum absolute atomic E-state index is 11.7. The highest BCUT2D eigenvalue weighted by atomic mass is 35.5. The van der Waals surface area contributed by atoms with Gasteiger partial charge in [0.2, 0.25) is 0 Å². The third-order valence-electron chi connectivity index (χ3n) is 2.23. The van der Waals surface area contributed by atoms with Gasteiger partial charge < -0.3 is 5.32 Å². The van der Waals surface area contributed by atoms with E-state index >= 15 is 0 Å². The molecule has 1 aromatic carbocycles. The first-order chi connectivity index (χ1) is 8.61. The summed E-state index contributed by atoms with van der Waals surface area (Å²) in [5.41, 5.74) is 0.649. The Labute approximate surface area is 119 Å². The van der Waals surface area contributed by atoms with E-state index in [9.17, 15) is 4.79 Å². The molecule has 1 aliphatic rings. The van der Waals surface area contributed by atoms with Gasteiger partial charge in [0.05, 0.1) is 4.91 Å². The highest BCUT2D eigenvalue weighted by Crippen LogP contribution is 2.31. The molecule has 0 atom stereocenters. The van der Waals surface area contributed by atoms with Crippen LogP contribution in [0.25, 0.3) is 6.08 Å². The molecule has 18 heavy (non-hydrogen) atoms. The average Bonchev–Trinajstić information content (AvgIpc) is 2.65. The molecule has 6 heteroatoms. The maximum Gasteiger partial charge on any atom is 0.264 e. The van der Waals surface area contributed by atoms with Crippen molar-refractivity contribution >= 4 is 52.1 Å². The topological polar surface area (TPSA) is 41.5 Å². The van der Waals surface area contributed by atoms with E-state index in [4.69, 9.17) is 23.2 Å². The van der Waals surface area contributed by atoms with Crippen molar-refractivity contribution < 1.29 is 4.79 Å². The molecule has 1 amide bonds. The lowest BCUT2D eigenvalue weighted by atomic mass is 10.2. The van der Waals surface area contributed by atoms with Crippen LogP contribution >= 0.6 is 35.0 Å². The van der Waals surface area contributed by atoms with E-state index in [1.54, 1.807) is 24.3 Å². The number of hydrogen-bond acceptors (Lipinski definition) is 3. The standard InChI is InChI=1S/C12H10Cl2N2OS/c1-2-15-12-16-11(17)10(18-12)6-7-8(13)4-3-5-9(7)14/h3-6H,2H2,1H3,(H,15,16,17)/b10-6-. The van der Waals surface area contributed by atoms with Crippen LogP contribution in [0.2, 0.25) is 10.0 Å². The van der Waals surface area contributed by atoms with E-state index in [0.29, 0.717) is 32.2 Å². The monoisotopic (exact) mass is 300 g/mol. The molecular weight excluding hydrogens is 291 g/mol. The van der Waals surface area contributed by atoms with Gasteiger partial charge in [0.15, 0.2) is 5.17 Å². The van der Waals surface area contributed by atoms with E-state index in [0.717, 1.165) is 0 Å². The molecule has 0 bridgehead atoms. The second-order valence-electron chi connectivity index (χ2n) is 3.48. The Balaban J connectivity index is 2.35. The van der Waals surface area contributed by atoms with Crippen LogP contribution in [0.4, 0.5) is 0 Å². The van der Waals surface area contributed by atoms with E-state index in [1.807, 2.05) is 6.92 Å². The molecule has 0 radical (unpaired) electrons. The minimum absolute atomic E-state index is 0.178. The van der Waals surface area contributed by atoms with Crippen LogP contribution in [0.5, 0.6) is 0 Å². The zero-order chi connectivity index (χ0) is 13.1. The number of carbonyl (C=O) groups is 1. The third-order valence-corrected chi connectivity index (χ3v) is 3.83. The van der Waals surface area contributed by atoms with Crippen LogP contribution in [0.3, 0.4) is 0 Å².